The molecule has 2 rings (SSSR count). The Hall–Kier alpha value is -1.53. The second-order valence-electron chi connectivity index (χ2n) is 4.50. The maximum absolute atomic E-state index is 10.00. The highest BCUT2D eigenvalue weighted by Gasteiger charge is 2.30. The first-order chi connectivity index (χ1) is 8.33. The fraction of sp³-hybridized carbons (Fsp3) is 0.500. The molecular weight excluding hydrogens is 212 g/mol. The van der Waals surface area contributed by atoms with E-state index in [1.165, 1.54) is 0 Å². The van der Waals surface area contributed by atoms with E-state index in [9.17, 15) is 5.11 Å². The van der Waals surface area contributed by atoms with Gasteiger partial charge in [0.05, 0.1) is 24.6 Å². The van der Waals surface area contributed by atoms with Gasteiger partial charge in [0.2, 0.25) is 0 Å². The summed E-state index contributed by atoms with van der Waals surface area (Å²) in [5.74, 6) is 0. The fourth-order valence-electron chi connectivity index (χ4n) is 2.56. The summed E-state index contributed by atoms with van der Waals surface area (Å²) in [6.07, 6.45) is 3.20. The highest BCUT2D eigenvalue weighted by atomic mass is 16.3. The van der Waals surface area contributed by atoms with Crippen LogP contribution in [-0.4, -0.2) is 23.8 Å². The Morgan fingerprint density at radius 3 is 2.65 bits per heavy atom. The van der Waals surface area contributed by atoms with Crippen molar-refractivity contribution in [1.82, 2.24) is 0 Å². The molecule has 3 heteroatoms. The van der Waals surface area contributed by atoms with Crippen LogP contribution < -0.4 is 4.90 Å². The van der Waals surface area contributed by atoms with Gasteiger partial charge in [0.25, 0.3) is 0 Å². The van der Waals surface area contributed by atoms with E-state index in [1.54, 1.807) is 0 Å². The van der Waals surface area contributed by atoms with Crippen LogP contribution in [0.15, 0.2) is 30.3 Å². The van der Waals surface area contributed by atoms with Gasteiger partial charge in [0.1, 0.15) is 0 Å². The monoisotopic (exact) mass is 230 g/mol. The van der Waals surface area contributed by atoms with Gasteiger partial charge in [0, 0.05) is 12.2 Å². The number of aliphatic hydroxyl groups is 1. The summed E-state index contributed by atoms with van der Waals surface area (Å²) in [6, 6.07) is 12.4. The lowest BCUT2D eigenvalue weighted by Crippen LogP contribution is -2.41. The van der Waals surface area contributed by atoms with E-state index >= 15 is 0 Å². The Morgan fingerprint density at radius 1 is 1.29 bits per heavy atom. The number of aliphatic hydroxyl groups excluding tert-OH is 1. The summed E-state index contributed by atoms with van der Waals surface area (Å²) in [6.45, 7) is 0.697. The number of para-hydroxylation sites is 1. The SMILES string of the molecule is N#CCCN(c1ccccc1)[C@H]1CCC[C@@H]1O. The molecule has 0 amide bonds. The number of anilines is 1. The minimum absolute atomic E-state index is 0.172. The number of hydrogen-bond acceptors (Lipinski definition) is 3. The van der Waals surface area contributed by atoms with E-state index in [0.717, 1.165) is 24.9 Å². The fourth-order valence-corrected chi connectivity index (χ4v) is 2.56. The summed E-state index contributed by atoms with van der Waals surface area (Å²) >= 11 is 0. The lowest BCUT2D eigenvalue weighted by Gasteiger charge is -2.32. The number of nitriles is 1. The first kappa shape index (κ1) is 11.9. The Morgan fingerprint density at radius 2 is 2.06 bits per heavy atom. The molecule has 1 saturated carbocycles. The van der Waals surface area contributed by atoms with Crippen LogP contribution in [-0.2, 0) is 0 Å². The first-order valence-electron chi connectivity index (χ1n) is 6.19. The van der Waals surface area contributed by atoms with Gasteiger partial charge >= 0.3 is 0 Å². The van der Waals surface area contributed by atoms with Gasteiger partial charge < -0.3 is 10.0 Å². The number of hydrogen-bond donors (Lipinski definition) is 1. The van der Waals surface area contributed by atoms with E-state index in [2.05, 4.69) is 11.0 Å². The maximum Gasteiger partial charge on any atom is 0.0743 e. The maximum atomic E-state index is 10.00. The molecule has 0 saturated heterocycles. The molecule has 0 aromatic heterocycles. The van der Waals surface area contributed by atoms with Crippen LogP contribution in [0.25, 0.3) is 0 Å². The molecule has 0 radical (unpaired) electrons. The molecule has 0 spiro atoms. The van der Waals surface area contributed by atoms with Crippen LogP contribution in [0.3, 0.4) is 0 Å². The topological polar surface area (TPSA) is 47.3 Å². The van der Waals surface area contributed by atoms with Crippen molar-refractivity contribution in [2.45, 2.75) is 37.8 Å². The number of benzene rings is 1. The van der Waals surface area contributed by atoms with Crippen LogP contribution in [0.2, 0.25) is 0 Å². The molecule has 1 aromatic carbocycles. The van der Waals surface area contributed by atoms with E-state index in [4.69, 9.17) is 5.26 Å². The lowest BCUT2D eigenvalue weighted by atomic mass is 10.1. The molecule has 1 N–H and O–H groups in total. The molecule has 0 heterocycles. The van der Waals surface area contributed by atoms with Gasteiger partial charge in [-0.15, -0.1) is 0 Å². The predicted octanol–water partition coefficient (Wildman–Crippen LogP) is 2.32. The van der Waals surface area contributed by atoms with E-state index in [1.807, 2.05) is 30.3 Å². The minimum Gasteiger partial charge on any atom is -0.391 e. The molecule has 3 nitrogen and oxygen atoms in total. The van der Waals surface area contributed by atoms with Gasteiger partial charge in [-0.1, -0.05) is 18.2 Å². The van der Waals surface area contributed by atoms with Gasteiger partial charge in [-0.05, 0) is 31.4 Å². The molecule has 2 atom stereocenters. The van der Waals surface area contributed by atoms with Crippen molar-refractivity contribution in [3.05, 3.63) is 30.3 Å². The molecule has 0 unspecified atom stereocenters. The molecular formula is C14H18N2O. The predicted molar refractivity (Wildman–Crippen MR) is 67.7 cm³/mol. The van der Waals surface area contributed by atoms with Crippen molar-refractivity contribution in [1.29, 1.82) is 5.26 Å². The van der Waals surface area contributed by atoms with Crippen molar-refractivity contribution in [3.8, 4) is 6.07 Å². The highest BCUT2D eigenvalue weighted by molar-refractivity contribution is 5.47. The van der Waals surface area contributed by atoms with Crippen LogP contribution in [0.5, 0.6) is 0 Å². The van der Waals surface area contributed by atoms with Crippen molar-refractivity contribution >= 4 is 5.69 Å². The average molecular weight is 230 g/mol. The smallest absolute Gasteiger partial charge is 0.0743 e. The highest BCUT2D eigenvalue weighted by Crippen LogP contribution is 2.28. The first-order valence-corrected chi connectivity index (χ1v) is 6.19. The van der Waals surface area contributed by atoms with E-state index in [-0.39, 0.29) is 12.1 Å². The Kier molecular flexibility index (Phi) is 4.00. The van der Waals surface area contributed by atoms with Crippen LogP contribution in [0, 0.1) is 11.3 Å². The minimum atomic E-state index is -0.256. The lowest BCUT2D eigenvalue weighted by molar-refractivity contribution is 0.161. The van der Waals surface area contributed by atoms with Crippen LogP contribution in [0.1, 0.15) is 25.7 Å². The Balaban J connectivity index is 2.16. The third kappa shape index (κ3) is 2.78. The van der Waals surface area contributed by atoms with Crippen LogP contribution in [0.4, 0.5) is 5.69 Å². The second-order valence-corrected chi connectivity index (χ2v) is 4.50. The molecule has 90 valence electrons. The zero-order chi connectivity index (χ0) is 12.1. The molecule has 1 aliphatic rings. The Bertz CT molecular complexity index is 385. The summed E-state index contributed by atoms with van der Waals surface area (Å²) in [5, 5.41) is 18.7. The third-order valence-electron chi connectivity index (χ3n) is 3.40. The van der Waals surface area contributed by atoms with Crippen LogP contribution >= 0.6 is 0 Å². The average Bonchev–Trinajstić information content (AvgIpc) is 2.78. The van der Waals surface area contributed by atoms with Crippen molar-refractivity contribution < 1.29 is 5.11 Å². The molecule has 1 fully saturated rings. The second kappa shape index (κ2) is 5.70. The zero-order valence-electron chi connectivity index (χ0n) is 9.92. The normalized spacial score (nSPS) is 23.3. The van der Waals surface area contributed by atoms with Crippen molar-refractivity contribution in [2.75, 3.05) is 11.4 Å². The standard InChI is InChI=1S/C14H18N2O/c15-10-5-11-16(12-6-2-1-3-7-12)13-8-4-9-14(13)17/h1-3,6-7,13-14,17H,4-5,8-9,11H2/t13-,14-/m0/s1. The molecule has 1 aromatic rings. The van der Waals surface area contributed by atoms with Gasteiger partial charge in [0.15, 0.2) is 0 Å². The van der Waals surface area contributed by atoms with Crippen molar-refractivity contribution in [2.24, 2.45) is 0 Å². The summed E-state index contributed by atoms with van der Waals surface area (Å²) in [5.41, 5.74) is 1.11. The number of rotatable bonds is 4. The molecule has 17 heavy (non-hydrogen) atoms. The van der Waals surface area contributed by atoms with Gasteiger partial charge in [-0.2, -0.15) is 5.26 Å². The molecule has 0 bridgehead atoms. The van der Waals surface area contributed by atoms with E-state index in [0.29, 0.717) is 13.0 Å². The zero-order valence-corrected chi connectivity index (χ0v) is 9.92. The largest absolute Gasteiger partial charge is 0.391 e. The molecule has 1 aliphatic carbocycles. The summed E-state index contributed by atoms with van der Waals surface area (Å²) in [7, 11) is 0. The summed E-state index contributed by atoms with van der Waals surface area (Å²) in [4.78, 5) is 2.18. The summed E-state index contributed by atoms with van der Waals surface area (Å²) < 4.78 is 0. The van der Waals surface area contributed by atoms with E-state index < -0.39 is 0 Å². The Labute approximate surface area is 102 Å². The van der Waals surface area contributed by atoms with Gasteiger partial charge in [-0.3, -0.25) is 0 Å². The number of nitrogens with zero attached hydrogens (tertiary/aromatic N) is 2. The van der Waals surface area contributed by atoms with Crippen molar-refractivity contribution in [3.63, 3.8) is 0 Å². The molecule has 0 aliphatic heterocycles. The van der Waals surface area contributed by atoms with Gasteiger partial charge in [-0.25, -0.2) is 0 Å². The quantitative estimate of drug-likeness (QED) is 0.863. The third-order valence-corrected chi connectivity index (χ3v) is 3.40.